The highest BCUT2D eigenvalue weighted by Gasteiger charge is 2.06. The molecule has 0 amide bonds. The number of hydrogen-bond acceptors (Lipinski definition) is 2. The Morgan fingerprint density at radius 3 is 2.86 bits per heavy atom. The SMILES string of the molecule is CSCCOc1cccc(Cl)c1CCl. The van der Waals surface area contributed by atoms with Gasteiger partial charge in [0, 0.05) is 16.3 Å². The highest BCUT2D eigenvalue weighted by atomic mass is 35.5. The summed E-state index contributed by atoms with van der Waals surface area (Å²) < 4.78 is 5.56. The van der Waals surface area contributed by atoms with Crippen molar-refractivity contribution in [3.05, 3.63) is 28.8 Å². The normalized spacial score (nSPS) is 10.2. The van der Waals surface area contributed by atoms with Gasteiger partial charge in [-0.2, -0.15) is 11.8 Å². The zero-order chi connectivity index (χ0) is 10.4. The summed E-state index contributed by atoms with van der Waals surface area (Å²) in [4.78, 5) is 0. The largest absolute Gasteiger partial charge is 0.492 e. The minimum atomic E-state index is 0.383. The molecule has 0 spiro atoms. The van der Waals surface area contributed by atoms with Gasteiger partial charge in [-0.25, -0.2) is 0 Å². The molecule has 0 saturated heterocycles. The van der Waals surface area contributed by atoms with E-state index in [9.17, 15) is 0 Å². The molecule has 1 aromatic carbocycles. The summed E-state index contributed by atoms with van der Waals surface area (Å²) in [5.41, 5.74) is 0.872. The molecule has 0 heterocycles. The molecule has 1 aromatic rings. The Morgan fingerprint density at radius 2 is 2.21 bits per heavy atom. The topological polar surface area (TPSA) is 9.23 Å². The molecule has 4 heteroatoms. The monoisotopic (exact) mass is 250 g/mol. The van der Waals surface area contributed by atoms with E-state index in [0.717, 1.165) is 17.1 Å². The smallest absolute Gasteiger partial charge is 0.125 e. The van der Waals surface area contributed by atoms with Crippen molar-refractivity contribution in [2.24, 2.45) is 0 Å². The lowest BCUT2D eigenvalue weighted by atomic mass is 10.2. The van der Waals surface area contributed by atoms with Gasteiger partial charge in [0.25, 0.3) is 0 Å². The summed E-state index contributed by atoms with van der Waals surface area (Å²) in [5, 5.41) is 0.668. The molecule has 0 saturated carbocycles. The van der Waals surface area contributed by atoms with Gasteiger partial charge in [0.2, 0.25) is 0 Å². The maximum absolute atomic E-state index is 5.97. The van der Waals surface area contributed by atoms with E-state index in [1.54, 1.807) is 11.8 Å². The third-order valence-corrected chi connectivity index (χ3v) is 2.95. The second kappa shape index (κ2) is 6.44. The summed E-state index contributed by atoms with van der Waals surface area (Å²) in [7, 11) is 0. The van der Waals surface area contributed by atoms with Gasteiger partial charge >= 0.3 is 0 Å². The number of rotatable bonds is 5. The van der Waals surface area contributed by atoms with Gasteiger partial charge < -0.3 is 4.74 Å². The molecule has 0 N–H and O–H groups in total. The molecular weight excluding hydrogens is 239 g/mol. The highest BCUT2D eigenvalue weighted by Crippen LogP contribution is 2.27. The summed E-state index contributed by atoms with van der Waals surface area (Å²) in [6.07, 6.45) is 2.05. The Balaban J connectivity index is 2.70. The molecule has 0 aromatic heterocycles. The first-order chi connectivity index (χ1) is 6.79. The van der Waals surface area contributed by atoms with E-state index in [2.05, 4.69) is 0 Å². The Bertz CT molecular complexity index is 291. The van der Waals surface area contributed by atoms with Crippen molar-refractivity contribution in [2.75, 3.05) is 18.6 Å². The molecule has 78 valence electrons. The standard InChI is InChI=1S/C10H12Cl2OS/c1-14-6-5-13-10-4-2-3-9(12)8(10)7-11/h2-4H,5-7H2,1H3. The number of hydrogen-bond donors (Lipinski definition) is 0. The molecule has 0 aliphatic rings. The lowest BCUT2D eigenvalue weighted by Crippen LogP contribution is -2.01. The van der Waals surface area contributed by atoms with Crippen molar-refractivity contribution < 1.29 is 4.74 Å². The predicted molar refractivity (Wildman–Crippen MR) is 64.9 cm³/mol. The van der Waals surface area contributed by atoms with Gasteiger partial charge in [0.1, 0.15) is 5.75 Å². The lowest BCUT2D eigenvalue weighted by Gasteiger charge is -2.10. The van der Waals surface area contributed by atoms with Gasteiger partial charge in [-0.1, -0.05) is 17.7 Å². The Hall–Kier alpha value is -0.0500. The Kier molecular flexibility index (Phi) is 5.53. The molecule has 1 nitrogen and oxygen atoms in total. The second-order valence-electron chi connectivity index (χ2n) is 2.69. The van der Waals surface area contributed by atoms with Crippen LogP contribution >= 0.6 is 35.0 Å². The maximum Gasteiger partial charge on any atom is 0.125 e. The average Bonchev–Trinajstić information content (AvgIpc) is 2.18. The summed E-state index contributed by atoms with van der Waals surface area (Å²) >= 11 is 13.5. The van der Waals surface area contributed by atoms with Crippen LogP contribution in [0, 0.1) is 0 Å². The molecular formula is C10H12Cl2OS. The van der Waals surface area contributed by atoms with Crippen LogP contribution in [0.4, 0.5) is 0 Å². The molecule has 0 aliphatic carbocycles. The number of halogens is 2. The molecule has 0 aliphatic heterocycles. The van der Waals surface area contributed by atoms with Gasteiger partial charge in [-0.3, -0.25) is 0 Å². The summed E-state index contributed by atoms with van der Waals surface area (Å²) in [6.45, 7) is 0.686. The van der Waals surface area contributed by atoms with Crippen LogP contribution in [0.2, 0.25) is 5.02 Å². The van der Waals surface area contributed by atoms with Crippen molar-refractivity contribution in [2.45, 2.75) is 5.88 Å². The van der Waals surface area contributed by atoms with E-state index in [1.807, 2.05) is 24.5 Å². The second-order valence-corrected chi connectivity index (χ2v) is 4.35. The molecule has 1 rings (SSSR count). The van der Waals surface area contributed by atoms with Crippen molar-refractivity contribution in [3.63, 3.8) is 0 Å². The number of alkyl halides is 1. The fourth-order valence-corrected chi connectivity index (χ4v) is 1.87. The Labute approximate surface area is 98.7 Å². The van der Waals surface area contributed by atoms with E-state index < -0.39 is 0 Å². The summed E-state index contributed by atoms with van der Waals surface area (Å²) in [6, 6.07) is 5.58. The van der Waals surface area contributed by atoms with Crippen molar-refractivity contribution in [3.8, 4) is 5.75 Å². The third-order valence-electron chi connectivity index (χ3n) is 1.75. The average molecular weight is 251 g/mol. The van der Waals surface area contributed by atoms with E-state index in [-0.39, 0.29) is 0 Å². The van der Waals surface area contributed by atoms with Crippen LogP contribution in [-0.2, 0) is 5.88 Å². The van der Waals surface area contributed by atoms with E-state index in [1.165, 1.54) is 0 Å². The molecule has 0 atom stereocenters. The minimum absolute atomic E-state index is 0.383. The van der Waals surface area contributed by atoms with E-state index >= 15 is 0 Å². The highest BCUT2D eigenvalue weighted by molar-refractivity contribution is 7.98. The van der Waals surface area contributed by atoms with Crippen molar-refractivity contribution in [1.29, 1.82) is 0 Å². The Morgan fingerprint density at radius 1 is 1.43 bits per heavy atom. The van der Waals surface area contributed by atoms with Crippen molar-refractivity contribution in [1.82, 2.24) is 0 Å². The minimum Gasteiger partial charge on any atom is -0.492 e. The fourth-order valence-electron chi connectivity index (χ4n) is 1.04. The molecule has 0 unspecified atom stereocenters. The summed E-state index contributed by atoms with van der Waals surface area (Å²) in [5.74, 6) is 2.14. The number of ether oxygens (including phenoxy) is 1. The van der Waals surface area contributed by atoms with Gasteiger partial charge in [0.05, 0.1) is 12.5 Å². The van der Waals surface area contributed by atoms with E-state index in [0.29, 0.717) is 17.5 Å². The van der Waals surface area contributed by atoms with Gasteiger partial charge in [0.15, 0.2) is 0 Å². The molecule has 0 bridgehead atoms. The van der Waals surface area contributed by atoms with Crippen LogP contribution in [0.25, 0.3) is 0 Å². The first kappa shape index (κ1) is 12.0. The van der Waals surface area contributed by atoms with Crippen LogP contribution in [0.3, 0.4) is 0 Å². The third kappa shape index (κ3) is 3.26. The zero-order valence-corrected chi connectivity index (χ0v) is 10.3. The van der Waals surface area contributed by atoms with Crippen LogP contribution in [0.15, 0.2) is 18.2 Å². The maximum atomic E-state index is 5.97. The first-order valence-corrected chi connectivity index (χ1v) is 6.55. The molecule has 0 fully saturated rings. The van der Waals surface area contributed by atoms with Crippen LogP contribution < -0.4 is 4.74 Å². The molecule has 0 radical (unpaired) electrons. The zero-order valence-electron chi connectivity index (χ0n) is 7.93. The van der Waals surface area contributed by atoms with Gasteiger partial charge in [-0.05, 0) is 18.4 Å². The first-order valence-electron chi connectivity index (χ1n) is 4.24. The number of benzene rings is 1. The lowest BCUT2D eigenvalue weighted by molar-refractivity contribution is 0.341. The van der Waals surface area contributed by atoms with Crippen LogP contribution in [0.1, 0.15) is 5.56 Å². The van der Waals surface area contributed by atoms with Crippen LogP contribution in [0.5, 0.6) is 5.75 Å². The van der Waals surface area contributed by atoms with Gasteiger partial charge in [-0.15, -0.1) is 11.6 Å². The van der Waals surface area contributed by atoms with Crippen molar-refractivity contribution >= 4 is 35.0 Å². The molecule has 14 heavy (non-hydrogen) atoms. The van der Waals surface area contributed by atoms with E-state index in [4.69, 9.17) is 27.9 Å². The number of thioether (sulfide) groups is 1. The quantitative estimate of drug-likeness (QED) is 0.581. The fraction of sp³-hybridized carbons (Fsp3) is 0.400. The predicted octanol–water partition coefficient (Wildman–Crippen LogP) is 3.82. The van der Waals surface area contributed by atoms with Crippen LogP contribution in [-0.4, -0.2) is 18.6 Å².